The van der Waals surface area contributed by atoms with Gasteiger partial charge in [0.2, 0.25) is 0 Å². The molecule has 0 saturated carbocycles. The van der Waals surface area contributed by atoms with Crippen LogP contribution in [0.25, 0.3) is 11.1 Å². The zero-order valence-corrected chi connectivity index (χ0v) is 18.0. The highest BCUT2D eigenvalue weighted by Crippen LogP contribution is 2.24. The monoisotopic (exact) mass is 421 g/mol. The SMILES string of the molecule is CCC(=O)n1nc(CCC(C)C)n(Cc2ccc(-c3ccccc3C(=O)O)cc2)c1=O. The molecule has 162 valence electrons. The van der Waals surface area contributed by atoms with Crippen LogP contribution >= 0.6 is 0 Å². The molecule has 0 spiro atoms. The van der Waals surface area contributed by atoms with E-state index in [2.05, 4.69) is 18.9 Å². The summed E-state index contributed by atoms with van der Waals surface area (Å²) in [6.45, 7) is 6.20. The van der Waals surface area contributed by atoms with E-state index in [1.165, 1.54) is 0 Å². The molecule has 0 fully saturated rings. The summed E-state index contributed by atoms with van der Waals surface area (Å²) in [6, 6.07) is 14.3. The molecule has 0 aliphatic carbocycles. The number of benzene rings is 2. The Morgan fingerprint density at radius 1 is 1.06 bits per heavy atom. The predicted molar refractivity (Wildman–Crippen MR) is 119 cm³/mol. The third-order valence-electron chi connectivity index (χ3n) is 5.19. The third-order valence-corrected chi connectivity index (χ3v) is 5.19. The third kappa shape index (κ3) is 4.99. The second kappa shape index (κ2) is 9.55. The number of carboxylic acid groups (broad SMARTS) is 1. The average molecular weight is 421 g/mol. The van der Waals surface area contributed by atoms with E-state index in [4.69, 9.17) is 0 Å². The van der Waals surface area contributed by atoms with Crippen LogP contribution in [0.4, 0.5) is 0 Å². The fourth-order valence-corrected chi connectivity index (χ4v) is 3.40. The van der Waals surface area contributed by atoms with Gasteiger partial charge in [-0.2, -0.15) is 0 Å². The normalized spacial score (nSPS) is 11.1. The van der Waals surface area contributed by atoms with Gasteiger partial charge in [-0.15, -0.1) is 9.78 Å². The number of carbonyl (C=O) groups excluding carboxylic acids is 1. The summed E-state index contributed by atoms with van der Waals surface area (Å²) in [6.07, 6.45) is 1.68. The van der Waals surface area contributed by atoms with E-state index in [1.807, 2.05) is 24.3 Å². The maximum absolute atomic E-state index is 12.8. The first kappa shape index (κ1) is 22.2. The molecule has 0 amide bonds. The molecule has 1 heterocycles. The average Bonchev–Trinajstić information content (AvgIpc) is 3.07. The molecule has 31 heavy (non-hydrogen) atoms. The molecule has 7 heteroatoms. The van der Waals surface area contributed by atoms with Crippen LogP contribution in [0.3, 0.4) is 0 Å². The Morgan fingerprint density at radius 2 is 1.74 bits per heavy atom. The molecule has 7 nitrogen and oxygen atoms in total. The predicted octanol–water partition coefficient (Wildman–Crippen LogP) is 4.10. The number of aryl methyl sites for hydroxylation is 1. The summed E-state index contributed by atoms with van der Waals surface area (Å²) >= 11 is 0. The molecule has 0 bridgehead atoms. The first-order valence-corrected chi connectivity index (χ1v) is 10.4. The lowest BCUT2D eigenvalue weighted by Gasteiger charge is -2.09. The Hall–Kier alpha value is -3.48. The van der Waals surface area contributed by atoms with Crippen molar-refractivity contribution in [3.05, 3.63) is 76.0 Å². The maximum Gasteiger partial charge on any atom is 0.353 e. The van der Waals surface area contributed by atoms with Gasteiger partial charge in [0, 0.05) is 12.8 Å². The number of nitrogens with zero attached hydrogens (tertiary/aromatic N) is 3. The molecule has 0 radical (unpaired) electrons. The molecule has 0 aliphatic rings. The van der Waals surface area contributed by atoms with Crippen LogP contribution in [0, 0.1) is 5.92 Å². The zero-order valence-electron chi connectivity index (χ0n) is 18.0. The van der Waals surface area contributed by atoms with Crippen molar-refractivity contribution < 1.29 is 14.7 Å². The number of hydrogen-bond acceptors (Lipinski definition) is 4. The van der Waals surface area contributed by atoms with Crippen molar-refractivity contribution >= 4 is 11.9 Å². The van der Waals surface area contributed by atoms with Gasteiger partial charge in [-0.25, -0.2) is 9.59 Å². The van der Waals surface area contributed by atoms with Crippen molar-refractivity contribution in [3.8, 4) is 11.1 Å². The van der Waals surface area contributed by atoms with Crippen LogP contribution in [0.15, 0.2) is 53.3 Å². The first-order chi connectivity index (χ1) is 14.8. The van der Waals surface area contributed by atoms with Crippen LogP contribution in [0.2, 0.25) is 0 Å². The van der Waals surface area contributed by atoms with Crippen LogP contribution in [-0.4, -0.2) is 31.3 Å². The van der Waals surface area contributed by atoms with E-state index in [-0.39, 0.29) is 17.9 Å². The molecule has 1 aromatic heterocycles. The van der Waals surface area contributed by atoms with Gasteiger partial charge < -0.3 is 5.11 Å². The first-order valence-electron chi connectivity index (χ1n) is 10.4. The second-order valence-electron chi connectivity index (χ2n) is 7.92. The molecule has 0 aliphatic heterocycles. The standard InChI is InChI=1S/C24H27N3O4/c1-4-22(28)27-24(31)26(21(25-27)14-9-16(2)3)15-17-10-12-18(13-11-17)19-7-5-6-8-20(19)23(29)30/h5-8,10-13,16H,4,9,14-15H2,1-3H3,(H,29,30). The number of hydrogen-bond donors (Lipinski definition) is 1. The second-order valence-corrected chi connectivity index (χ2v) is 7.92. The van der Waals surface area contributed by atoms with Crippen LogP contribution in [0.5, 0.6) is 0 Å². The van der Waals surface area contributed by atoms with Crippen molar-refractivity contribution in [2.75, 3.05) is 0 Å². The minimum Gasteiger partial charge on any atom is -0.478 e. The highest BCUT2D eigenvalue weighted by atomic mass is 16.4. The van der Waals surface area contributed by atoms with Gasteiger partial charge in [-0.05, 0) is 35.1 Å². The number of carboxylic acids is 1. The van der Waals surface area contributed by atoms with E-state index in [1.54, 1.807) is 35.8 Å². The summed E-state index contributed by atoms with van der Waals surface area (Å²) in [5.74, 6) is -0.255. The molecule has 1 N–H and O–H groups in total. The fraction of sp³-hybridized carbons (Fsp3) is 0.333. The molecule has 3 rings (SSSR count). The van der Waals surface area contributed by atoms with Crippen molar-refractivity contribution in [3.63, 3.8) is 0 Å². The molecular weight excluding hydrogens is 394 g/mol. The number of carbonyl (C=O) groups is 2. The van der Waals surface area contributed by atoms with Gasteiger partial charge >= 0.3 is 11.7 Å². The summed E-state index contributed by atoms with van der Waals surface area (Å²) in [7, 11) is 0. The summed E-state index contributed by atoms with van der Waals surface area (Å²) in [4.78, 5) is 36.4. The summed E-state index contributed by atoms with van der Waals surface area (Å²) < 4.78 is 2.52. The van der Waals surface area contributed by atoms with Gasteiger partial charge in [0.15, 0.2) is 0 Å². The largest absolute Gasteiger partial charge is 0.478 e. The minimum absolute atomic E-state index is 0.207. The topological polar surface area (TPSA) is 94.2 Å². The van der Waals surface area contributed by atoms with Crippen molar-refractivity contribution in [1.82, 2.24) is 14.3 Å². The maximum atomic E-state index is 12.8. The highest BCUT2D eigenvalue weighted by molar-refractivity contribution is 5.95. The Balaban J connectivity index is 1.92. The molecule has 0 saturated heterocycles. The van der Waals surface area contributed by atoms with Crippen LogP contribution < -0.4 is 5.69 Å². The van der Waals surface area contributed by atoms with E-state index >= 15 is 0 Å². The Labute approximate surface area is 181 Å². The lowest BCUT2D eigenvalue weighted by atomic mass is 9.99. The Bertz CT molecular complexity index is 1140. The quantitative estimate of drug-likeness (QED) is 0.591. The molecule has 2 aromatic carbocycles. The molecule has 0 atom stereocenters. The highest BCUT2D eigenvalue weighted by Gasteiger charge is 2.18. The van der Waals surface area contributed by atoms with Gasteiger partial charge in [0.1, 0.15) is 5.82 Å². The van der Waals surface area contributed by atoms with Crippen molar-refractivity contribution in [2.45, 2.75) is 46.6 Å². The van der Waals surface area contributed by atoms with E-state index in [9.17, 15) is 19.5 Å². The van der Waals surface area contributed by atoms with Crippen LogP contribution in [-0.2, 0) is 13.0 Å². The number of rotatable bonds is 8. The van der Waals surface area contributed by atoms with Gasteiger partial charge in [0.25, 0.3) is 5.91 Å². The molecule has 3 aromatic rings. The lowest BCUT2D eigenvalue weighted by molar-refractivity contribution is 0.0697. The van der Waals surface area contributed by atoms with Gasteiger partial charge in [-0.1, -0.05) is 63.2 Å². The van der Waals surface area contributed by atoms with E-state index < -0.39 is 11.7 Å². The fourth-order valence-electron chi connectivity index (χ4n) is 3.40. The smallest absolute Gasteiger partial charge is 0.353 e. The minimum atomic E-state index is -0.978. The van der Waals surface area contributed by atoms with E-state index in [0.717, 1.165) is 22.2 Å². The van der Waals surface area contributed by atoms with Crippen molar-refractivity contribution in [2.24, 2.45) is 5.92 Å². The van der Waals surface area contributed by atoms with Gasteiger partial charge in [0.05, 0.1) is 12.1 Å². The Kier molecular flexibility index (Phi) is 6.84. The zero-order chi connectivity index (χ0) is 22.5. The number of aromatic nitrogens is 3. The summed E-state index contributed by atoms with van der Waals surface area (Å²) in [5.41, 5.74) is 2.10. The summed E-state index contributed by atoms with van der Waals surface area (Å²) in [5, 5.41) is 13.7. The Morgan fingerprint density at radius 3 is 2.35 bits per heavy atom. The van der Waals surface area contributed by atoms with Crippen LogP contribution in [0.1, 0.15) is 60.2 Å². The van der Waals surface area contributed by atoms with E-state index in [0.29, 0.717) is 30.3 Å². The molecular formula is C24H27N3O4. The number of aromatic carboxylic acids is 1. The lowest BCUT2D eigenvalue weighted by Crippen LogP contribution is -2.30. The van der Waals surface area contributed by atoms with Crippen molar-refractivity contribution in [1.29, 1.82) is 0 Å². The molecule has 0 unspecified atom stereocenters. The van der Waals surface area contributed by atoms with Gasteiger partial charge in [-0.3, -0.25) is 9.36 Å².